The number of aliphatic carboxylic acids is 1. The fourth-order valence-electron chi connectivity index (χ4n) is 0.832. The van der Waals surface area contributed by atoms with Crippen molar-refractivity contribution in [2.75, 3.05) is 6.54 Å². The highest BCUT2D eigenvalue weighted by molar-refractivity contribution is 14.1. The fourth-order valence-corrected chi connectivity index (χ4v) is 1.35. The molecule has 1 amide bonds. The molecule has 0 aromatic rings. The Bertz CT molecular complexity index is 278. The number of nitrogens with zero attached hydrogens (tertiary/aromatic N) is 1. The van der Waals surface area contributed by atoms with Crippen LogP contribution in [0, 0.1) is 0 Å². The van der Waals surface area contributed by atoms with Gasteiger partial charge in [-0.1, -0.05) is 0 Å². The maximum absolute atomic E-state index is 10.9. The smallest absolute Gasteiger partial charge is 0.323 e. The van der Waals surface area contributed by atoms with Crippen molar-refractivity contribution in [2.24, 2.45) is 0 Å². The molecule has 1 atom stereocenters. The monoisotopic (exact) mass is 298 g/mol. The Kier molecular flexibility index (Phi) is 3.09. The summed E-state index contributed by atoms with van der Waals surface area (Å²) < 4.78 is 0.337. The SMILES string of the molecule is O=C(O)CN1C=C(I)C(=O)NC1O. The molecular formula is C6H7IN2O4. The number of aliphatic hydroxyl groups excluding tert-OH is 1. The predicted octanol–water partition coefficient (Wildman–Crippen LogP) is -0.945. The van der Waals surface area contributed by atoms with Crippen LogP contribution in [0.5, 0.6) is 0 Å². The number of hydrogen-bond donors (Lipinski definition) is 3. The molecule has 0 aliphatic carbocycles. The first-order chi connectivity index (χ1) is 6.00. The van der Waals surface area contributed by atoms with Crippen LogP contribution in [-0.2, 0) is 9.59 Å². The second kappa shape index (κ2) is 3.92. The number of carbonyl (C=O) groups excluding carboxylic acids is 1. The standard InChI is InChI=1S/C6H7IN2O4/c7-3-1-9(2-4(10)11)6(13)8-5(3)12/h1,6,13H,2H2,(H,8,12)(H,10,11). The van der Waals surface area contributed by atoms with Crippen molar-refractivity contribution in [1.29, 1.82) is 0 Å². The Morgan fingerprint density at radius 2 is 2.38 bits per heavy atom. The molecule has 0 aromatic heterocycles. The zero-order chi connectivity index (χ0) is 10.0. The molecule has 1 rings (SSSR count). The zero-order valence-corrected chi connectivity index (χ0v) is 8.56. The van der Waals surface area contributed by atoms with Crippen molar-refractivity contribution in [2.45, 2.75) is 6.35 Å². The molecule has 3 N–H and O–H groups in total. The average Bonchev–Trinajstić information content (AvgIpc) is 1.99. The Labute approximate surface area is 87.4 Å². The van der Waals surface area contributed by atoms with Gasteiger partial charge in [-0.05, 0) is 22.6 Å². The molecule has 0 radical (unpaired) electrons. The van der Waals surface area contributed by atoms with Gasteiger partial charge in [-0.25, -0.2) is 0 Å². The first kappa shape index (κ1) is 10.3. The molecule has 72 valence electrons. The number of carboxylic acid groups (broad SMARTS) is 1. The molecule has 6 nitrogen and oxygen atoms in total. The van der Waals surface area contributed by atoms with Gasteiger partial charge in [-0.3, -0.25) is 9.59 Å². The Balaban J connectivity index is 2.74. The van der Waals surface area contributed by atoms with Crippen LogP contribution >= 0.6 is 22.6 Å². The van der Waals surface area contributed by atoms with Crippen LogP contribution in [0.3, 0.4) is 0 Å². The van der Waals surface area contributed by atoms with Crippen LogP contribution in [0.15, 0.2) is 9.78 Å². The number of halogens is 1. The van der Waals surface area contributed by atoms with Gasteiger partial charge in [0.25, 0.3) is 5.91 Å². The molecule has 1 aliphatic rings. The average molecular weight is 298 g/mol. The summed E-state index contributed by atoms with van der Waals surface area (Å²) in [6.45, 7) is -0.353. The summed E-state index contributed by atoms with van der Waals surface area (Å²) in [5.74, 6) is -1.48. The van der Waals surface area contributed by atoms with E-state index in [-0.39, 0.29) is 6.54 Å². The van der Waals surface area contributed by atoms with Crippen LogP contribution in [0.4, 0.5) is 0 Å². The number of rotatable bonds is 2. The van der Waals surface area contributed by atoms with Gasteiger partial charge in [0.05, 0.1) is 3.58 Å². The summed E-state index contributed by atoms with van der Waals surface area (Å²) in [5.41, 5.74) is 0. The summed E-state index contributed by atoms with van der Waals surface area (Å²) in [4.78, 5) is 22.3. The summed E-state index contributed by atoms with van der Waals surface area (Å²) >= 11 is 1.76. The fraction of sp³-hybridized carbons (Fsp3) is 0.333. The van der Waals surface area contributed by atoms with Crippen molar-refractivity contribution < 1.29 is 19.8 Å². The third kappa shape index (κ3) is 2.56. The minimum atomic E-state index is -1.26. The van der Waals surface area contributed by atoms with Crippen LogP contribution in [0.1, 0.15) is 0 Å². The quantitative estimate of drug-likeness (QED) is 0.572. The molecule has 0 fully saturated rings. The van der Waals surface area contributed by atoms with E-state index in [9.17, 15) is 14.7 Å². The molecular weight excluding hydrogens is 291 g/mol. The maximum Gasteiger partial charge on any atom is 0.323 e. The lowest BCUT2D eigenvalue weighted by Crippen LogP contribution is -2.50. The summed E-state index contributed by atoms with van der Waals surface area (Å²) in [5, 5.41) is 19.8. The van der Waals surface area contributed by atoms with E-state index >= 15 is 0 Å². The van der Waals surface area contributed by atoms with Crippen molar-refractivity contribution in [1.82, 2.24) is 10.2 Å². The minimum absolute atomic E-state index is 0.337. The topological polar surface area (TPSA) is 89.9 Å². The van der Waals surface area contributed by atoms with E-state index in [0.29, 0.717) is 3.58 Å². The van der Waals surface area contributed by atoms with Crippen molar-refractivity contribution >= 4 is 34.5 Å². The second-order valence-electron chi connectivity index (χ2n) is 2.39. The predicted molar refractivity (Wildman–Crippen MR) is 50.6 cm³/mol. The normalized spacial score (nSPS) is 22.3. The number of amides is 1. The molecule has 0 saturated heterocycles. The second-order valence-corrected chi connectivity index (χ2v) is 3.55. The van der Waals surface area contributed by atoms with Gasteiger partial charge in [0.15, 0.2) is 0 Å². The molecule has 0 bridgehead atoms. The molecule has 1 aliphatic heterocycles. The zero-order valence-electron chi connectivity index (χ0n) is 6.40. The van der Waals surface area contributed by atoms with E-state index in [1.165, 1.54) is 6.20 Å². The van der Waals surface area contributed by atoms with Crippen molar-refractivity contribution in [3.8, 4) is 0 Å². The number of nitrogens with one attached hydrogen (secondary N) is 1. The van der Waals surface area contributed by atoms with Gasteiger partial charge >= 0.3 is 5.97 Å². The molecule has 1 unspecified atom stereocenters. The lowest BCUT2D eigenvalue weighted by molar-refractivity contribution is -0.142. The molecule has 7 heteroatoms. The summed E-state index contributed by atoms with van der Waals surface area (Å²) in [6, 6.07) is 0. The van der Waals surface area contributed by atoms with Crippen molar-refractivity contribution in [3.63, 3.8) is 0 Å². The first-order valence-corrected chi connectivity index (χ1v) is 4.42. The van der Waals surface area contributed by atoms with Crippen LogP contribution in [0.2, 0.25) is 0 Å². The Morgan fingerprint density at radius 1 is 1.77 bits per heavy atom. The van der Waals surface area contributed by atoms with E-state index in [0.717, 1.165) is 4.90 Å². The highest BCUT2D eigenvalue weighted by Gasteiger charge is 2.24. The first-order valence-electron chi connectivity index (χ1n) is 3.34. The minimum Gasteiger partial charge on any atom is -0.480 e. The number of hydrogen-bond acceptors (Lipinski definition) is 4. The maximum atomic E-state index is 10.9. The van der Waals surface area contributed by atoms with Gasteiger partial charge in [-0.15, -0.1) is 0 Å². The lowest BCUT2D eigenvalue weighted by Gasteiger charge is -2.29. The van der Waals surface area contributed by atoms with Gasteiger partial charge < -0.3 is 20.4 Å². The molecule has 0 saturated carbocycles. The molecule has 13 heavy (non-hydrogen) atoms. The number of carboxylic acids is 1. The number of carbonyl (C=O) groups is 2. The molecule has 0 aromatic carbocycles. The van der Waals surface area contributed by atoms with Crippen molar-refractivity contribution in [3.05, 3.63) is 9.78 Å². The lowest BCUT2D eigenvalue weighted by atomic mass is 10.4. The highest BCUT2D eigenvalue weighted by atomic mass is 127. The van der Waals surface area contributed by atoms with E-state index in [1.807, 2.05) is 0 Å². The van der Waals surface area contributed by atoms with Gasteiger partial charge in [0.1, 0.15) is 6.54 Å². The largest absolute Gasteiger partial charge is 0.480 e. The van der Waals surface area contributed by atoms with Crippen LogP contribution in [-0.4, -0.2) is 39.9 Å². The van der Waals surface area contributed by atoms with Gasteiger partial charge in [-0.2, -0.15) is 0 Å². The molecule has 1 heterocycles. The third-order valence-corrected chi connectivity index (χ3v) is 2.16. The van der Waals surface area contributed by atoms with Crippen LogP contribution in [0.25, 0.3) is 0 Å². The molecule has 0 spiro atoms. The highest BCUT2D eigenvalue weighted by Crippen LogP contribution is 2.13. The van der Waals surface area contributed by atoms with Crippen LogP contribution < -0.4 is 5.32 Å². The third-order valence-electron chi connectivity index (χ3n) is 1.39. The van der Waals surface area contributed by atoms with E-state index < -0.39 is 18.2 Å². The summed E-state index contributed by atoms with van der Waals surface area (Å²) in [6.07, 6.45) is 0.0418. The Hall–Kier alpha value is -0.830. The van der Waals surface area contributed by atoms with Gasteiger partial charge in [0.2, 0.25) is 6.35 Å². The van der Waals surface area contributed by atoms with E-state index in [4.69, 9.17) is 5.11 Å². The van der Waals surface area contributed by atoms with Gasteiger partial charge in [0, 0.05) is 6.20 Å². The summed E-state index contributed by atoms with van der Waals surface area (Å²) in [7, 11) is 0. The number of aliphatic hydroxyl groups is 1. The Morgan fingerprint density at radius 3 is 2.92 bits per heavy atom. The van der Waals surface area contributed by atoms with E-state index in [1.54, 1.807) is 22.6 Å². The van der Waals surface area contributed by atoms with E-state index in [2.05, 4.69) is 5.32 Å².